The van der Waals surface area contributed by atoms with E-state index in [1.54, 1.807) is 24.3 Å². The number of hydrogen-bond donors (Lipinski definition) is 1. The second kappa shape index (κ2) is 12.1. The van der Waals surface area contributed by atoms with E-state index in [2.05, 4.69) is 0 Å². The summed E-state index contributed by atoms with van der Waals surface area (Å²) in [4.78, 5) is 28.4. The van der Waals surface area contributed by atoms with Crippen LogP contribution in [0, 0.1) is 5.92 Å². The molecule has 1 aliphatic carbocycles. The number of hydrogen-bond acceptors (Lipinski definition) is 3. The van der Waals surface area contributed by atoms with Crippen molar-refractivity contribution >= 4 is 40.9 Å². The van der Waals surface area contributed by atoms with Gasteiger partial charge in [0, 0.05) is 42.5 Å². The standard InChI is InChI=1S/C31H33ClN2O3/c1-33(2)27-16-14-23(15-17-27)25-12-13-26(29(32)20-25)21-34(31(37)24-8-4-3-5-9-24)28-10-6-7-22(19-28)11-18-30(35)36/h6-7,10-20,24H,3-5,8-9,21H2,1-2H3,(H,35,36)/b18-11+/i21D/t21-/m1/s1. The molecule has 0 spiro atoms. The highest BCUT2D eigenvalue weighted by Gasteiger charge is 2.27. The quantitative estimate of drug-likeness (QED) is 0.319. The highest BCUT2D eigenvalue weighted by Crippen LogP contribution is 2.32. The molecule has 5 nitrogen and oxygen atoms in total. The minimum Gasteiger partial charge on any atom is -0.478 e. The lowest BCUT2D eigenvalue weighted by molar-refractivity contribution is -0.131. The van der Waals surface area contributed by atoms with Crippen LogP contribution in [0.1, 0.15) is 44.6 Å². The summed E-state index contributed by atoms with van der Waals surface area (Å²) in [5, 5.41) is 9.44. The van der Waals surface area contributed by atoms with Gasteiger partial charge in [0.15, 0.2) is 0 Å². The van der Waals surface area contributed by atoms with Crippen LogP contribution in [0.4, 0.5) is 11.4 Å². The first kappa shape index (κ1) is 25.1. The molecule has 1 atom stereocenters. The third-order valence-electron chi connectivity index (χ3n) is 6.74. The van der Waals surface area contributed by atoms with Crippen molar-refractivity contribution in [1.29, 1.82) is 0 Å². The number of amides is 1. The van der Waals surface area contributed by atoms with Crippen LogP contribution < -0.4 is 9.80 Å². The van der Waals surface area contributed by atoms with E-state index in [4.69, 9.17) is 16.7 Å². The minimum atomic E-state index is -1.05. The molecule has 192 valence electrons. The van der Waals surface area contributed by atoms with E-state index >= 15 is 0 Å². The van der Waals surface area contributed by atoms with Crippen LogP contribution in [0.5, 0.6) is 0 Å². The van der Waals surface area contributed by atoms with Gasteiger partial charge in [0.25, 0.3) is 0 Å². The Morgan fingerprint density at radius 2 is 1.68 bits per heavy atom. The van der Waals surface area contributed by atoms with E-state index in [1.807, 2.05) is 61.5 Å². The van der Waals surface area contributed by atoms with Crippen molar-refractivity contribution < 1.29 is 16.1 Å². The Bertz CT molecular complexity index is 1320. The van der Waals surface area contributed by atoms with Gasteiger partial charge in [-0.05, 0) is 71.5 Å². The van der Waals surface area contributed by atoms with E-state index < -0.39 is 12.5 Å². The molecule has 4 rings (SSSR count). The summed E-state index contributed by atoms with van der Waals surface area (Å²) in [6.07, 6.45) is 7.26. The molecular weight excluding hydrogens is 484 g/mol. The first-order valence-corrected chi connectivity index (χ1v) is 13.0. The van der Waals surface area contributed by atoms with E-state index in [-0.39, 0.29) is 11.8 Å². The number of aliphatic carboxylic acids is 1. The van der Waals surface area contributed by atoms with Gasteiger partial charge in [0.1, 0.15) is 0 Å². The topological polar surface area (TPSA) is 60.9 Å². The number of carboxylic acid groups (broad SMARTS) is 1. The van der Waals surface area contributed by atoms with Gasteiger partial charge in [-0.25, -0.2) is 4.79 Å². The summed E-state index contributed by atoms with van der Waals surface area (Å²) >= 11 is 6.75. The molecule has 3 aromatic carbocycles. The Kier molecular flexibility index (Phi) is 8.21. The maximum Gasteiger partial charge on any atom is 0.328 e. The molecule has 37 heavy (non-hydrogen) atoms. The van der Waals surface area contributed by atoms with E-state index in [0.717, 1.165) is 55.0 Å². The zero-order valence-electron chi connectivity index (χ0n) is 22.2. The first-order chi connectivity index (χ1) is 18.2. The highest BCUT2D eigenvalue weighted by molar-refractivity contribution is 6.31. The van der Waals surface area contributed by atoms with Crippen LogP contribution in [0.2, 0.25) is 5.02 Å². The summed E-state index contributed by atoms with van der Waals surface area (Å²) < 4.78 is 9.19. The second-order valence-corrected chi connectivity index (χ2v) is 10.0. The summed E-state index contributed by atoms with van der Waals surface area (Å²) in [5.74, 6) is -1.29. The van der Waals surface area contributed by atoms with Crippen molar-refractivity contribution in [2.24, 2.45) is 5.92 Å². The molecule has 0 unspecified atom stereocenters. The fraction of sp³-hybridized carbons (Fsp3) is 0.290. The van der Waals surface area contributed by atoms with Crippen molar-refractivity contribution in [3.05, 3.63) is 89.0 Å². The van der Waals surface area contributed by atoms with Crippen LogP contribution in [0.25, 0.3) is 17.2 Å². The molecule has 1 N–H and O–H groups in total. The molecule has 1 aliphatic rings. The van der Waals surface area contributed by atoms with Crippen LogP contribution in [-0.4, -0.2) is 31.1 Å². The molecule has 1 amide bonds. The lowest BCUT2D eigenvalue weighted by atomic mass is 9.88. The van der Waals surface area contributed by atoms with Gasteiger partial charge in [0.2, 0.25) is 5.91 Å². The third kappa shape index (κ3) is 6.80. The second-order valence-electron chi connectivity index (χ2n) is 9.62. The van der Waals surface area contributed by atoms with Crippen molar-refractivity contribution in [2.75, 3.05) is 23.9 Å². The normalized spacial score (nSPS) is 15.3. The summed E-state index contributed by atoms with van der Waals surface area (Å²) in [6, 6.07) is 20.8. The maximum absolute atomic E-state index is 13.8. The molecule has 0 saturated heterocycles. The Morgan fingerprint density at radius 3 is 2.32 bits per heavy atom. The Labute approximate surface area is 225 Å². The Balaban J connectivity index is 1.69. The highest BCUT2D eigenvalue weighted by atomic mass is 35.5. The molecule has 0 radical (unpaired) electrons. The maximum atomic E-state index is 13.8. The van der Waals surface area contributed by atoms with Crippen LogP contribution in [0.3, 0.4) is 0 Å². The van der Waals surface area contributed by atoms with E-state index in [0.29, 0.717) is 21.8 Å². The van der Waals surface area contributed by atoms with Crippen LogP contribution >= 0.6 is 11.6 Å². The first-order valence-electron chi connectivity index (χ1n) is 13.2. The van der Waals surface area contributed by atoms with Gasteiger partial charge in [-0.1, -0.05) is 67.3 Å². The van der Waals surface area contributed by atoms with Gasteiger partial charge >= 0.3 is 5.97 Å². The van der Waals surface area contributed by atoms with Crippen molar-refractivity contribution in [3.8, 4) is 11.1 Å². The van der Waals surface area contributed by atoms with Gasteiger partial charge < -0.3 is 14.9 Å². The van der Waals surface area contributed by atoms with Gasteiger partial charge in [-0.15, -0.1) is 0 Å². The lowest BCUT2D eigenvalue weighted by Gasteiger charge is -2.30. The SMILES string of the molecule is [2H][C@H](c1ccc(-c2ccc(N(C)C)cc2)cc1Cl)N(C(=O)C1CCCCC1)c1cccc(/C=C/C(=O)O)c1. The molecule has 3 aromatic rings. The summed E-state index contributed by atoms with van der Waals surface area (Å²) in [5.41, 5.74) is 4.77. The predicted molar refractivity (Wildman–Crippen MR) is 152 cm³/mol. The number of carboxylic acids is 1. The molecular formula is C31H33ClN2O3. The Morgan fingerprint density at radius 1 is 0.973 bits per heavy atom. The fourth-order valence-corrected chi connectivity index (χ4v) is 4.89. The lowest BCUT2D eigenvalue weighted by Crippen LogP contribution is -2.36. The molecule has 1 saturated carbocycles. The van der Waals surface area contributed by atoms with Crippen LogP contribution in [0.15, 0.2) is 72.8 Å². The van der Waals surface area contributed by atoms with Gasteiger partial charge in [-0.3, -0.25) is 4.79 Å². The average molecular weight is 518 g/mol. The third-order valence-corrected chi connectivity index (χ3v) is 7.07. The number of benzene rings is 3. The minimum absolute atomic E-state index is 0.0940. The smallest absolute Gasteiger partial charge is 0.328 e. The molecule has 0 aliphatic heterocycles. The largest absolute Gasteiger partial charge is 0.478 e. The summed E-state index contributed by atoms with van der Waals surface area (Å²) in [6.45, 7) is -1.05. The fourth-order valence-electron chi connectivity index (χ4n) is 4.66. The molecule has 0 bridgehead atoms. The van der Waals surface area contributed by atoms with E-state index in [1.165, 1.54) is 11.0 Å². The molecule has 1 fully saturated rings. The van der Waals surface area contributed by atoms with Crippen molar-refractivity contribution in [1.82, 2.24) is 0 Å². The number of anilines is 2. The number of rotatable bonds is 8. The molecule has 0 heterocycles. The Hall–Kier alpha value is -3.57. The number of nitrogens with zero attached hydrogens (tertiary/aromatic N) is 2. The average Bonchev–Trinajstić information content (AvgIpc) is 2.92. The number of carbonyl (C=O) groups is 2. The van der Waals surface area contributed by atoms with Crippen molar-refractivity contribution in [2.45, 2.75) is 38.6 Å². The molecule has 6 heteroatoms. The summed E-state index contributed by atoms with van der Waals surface area (Å²) in [7, 11) is 3.99. The van der Waals surface area contributed by atoms with Gasteiger partial charge in [-0.2, -0.15) is 0 Å². The molecule has 0 aromatic heterocycles. The monoisotopic (exact) mass is 517 g/mol. The van der Waals surface area contributed by atoms with Crippen LogP contribution in [-0.2, 0) is 16.1 Å². The van der Waals surface area contributed by atoms with Crippen molar-refractivity contribution in [3.63, 3.8) is 0 Å². The number of carbonyl (C=O) groups excluding carboxylic acids is 1. The predicted octanol–water partition coefficient (Wildman–Crippen LogP) is 7.28. The zero-order chi connectivity index (χ0) is 27.2. The zero-order valence-corrected chi connectivity index (χ0v) is 22.0. The number of halogens is 1. The van der Waals surface area contributed by atoms with Gasteiger partial charge in [0.05, 0.1) is 7.89 Å². The van der Waals surface area contributed by atoms with E-state index in [9.17, 15) is 11.0 Å².